The molecule has 0 bridgehead atoms. The highest BCUT2D eigenvalue weighted by Crippen LogP contribution is 2.40. The summed E-state index contributed by atoms with van der Waals surface area (Å²) in [5.41, 5.74) is 8.49. The maximum absolute atomic E-state index is 12.8. The number of nitrogens with two attached hydrogens (primary N) is 1. The predicted octanol–water partition coefficient (Wildman–Crippen LogP) is 3.89. The van der Waals surface area contributed by atoms with Gasteiger partial charge in [0.25, 0.3) is 0 Å². The van der Waals surface area contributed by atoms with E-state index in [2.05, 4.69) is 15.3 Å². The van der Waals surface area contributed by atoms with Gasteiger partial charge in [0.15, 0.2) is 0 Å². The van der Waals surface area contributed by atoms with Crippen LogP contribution in [-0.2, 0) is 4.57 Å². The molecule has 152 valence electrons. The molecule has 0 amide bonds. The summed E-state index contributed by atoms with van der Waals surface area (Å²) in [6.07, 6.45) is 11.6. The maximum atomic E-state index is 12.8. The fourth-order valence-corrected chi connectivity index (χ4v) is 4.33. The zero-order chi connectivity index (χ0) is 21.2. The number of rotatable bonds is 5. The van der Waals surface area contributed by atoms with Crippen LogP contribution >= 0.6 is 7.14 Å². The fraction of sp³-hybridized carbons (Fsp3) is 0.273. The average molecular weight is 410 g/mol. The van der Waals surface area contributed by atoms with E-state index in [0.717, 1.165) is 16.5 Å². The summed E-state index contributed by atoms with van der Waals surface area (Å²) in [6, 6.07) is 3.65. The number of allylic oxidation sites excluding steroid dienone is 5. The first-order valence-corrected chi connectivity index (χ1v) is 12.0. The van der Waals surface area contributed by atoms with E-state index < -0.39 is 7.14 Å². The van der Waals surface area contributed by atoms with Gasteiger partial charge in [-0.3, -0.25) is 0 Å². The van der Waals surface area contributed by atoms with Gasteiger partial charge in [-0.25, -0.2) is 9.97 Å². The molecule has 0 fully saturated rings. The van der Waals surface area contributed by atoms with E-state index in [1.54, 1.807) is 20.4 Å². The van der Waals surface area contributed by atoms with Crippen molar-refractivity contribution in [1.82, 2.24) is 9.97 Å². The molecule has 1 aromatic carbocycles. The van der Waals surface area contributed by atoms with Gasteiger partial charge in [0.05, 0.1) is 24.0 Å². The molecule has 29 heavy (non-hydrogen) atoms. The number of anilines is 1. The van der Waals surface area contributed by atoms with Crippen molar-refractivity contribution < 1.29 is 9.30 Å². The SMILES string of the molecule is COc1cc2nc(C)nc(N[C@H](C)C3=C/C(N)=C\C=C/C=C\3)c2cc1P(C)(C)=O. The van der Waals surface area contributed by atoms with Crippen molar-refractivity contribution in [2.45, 2.75) is 19.9 Å². The average Bonchev–Trinajstić information content (AvgIpc) is 2.62. The van der Waals surface area contributed by atoms with Crippen LogP contribution < -0.4 is 21.1 Å². The summed E-state index contributed by atoms with van der Waals surface area (Å²) in [6.45, 7) is 7.36. The molecule has 1 aliphatic carbocycles. The Labute approximate surface area is 171 Å². The Morgan fingerprint density at radius 3 is 2.62 bits per heavy atom. The minimum absolute atomic E-state index is 0.0530. The molecule has 1 atom stereocenters. The predicted molar refractivity (Wildman–Crippen MR) is 122 cm³/mol. The Balaban J connectivity index is 2.09. The summed E-state index contributed by atoms with van der Waals surface area (Å²) >= 11 is 0. The minimum Gasteiger partial charge on any atom is -0.496 e. The monoisotopic (exact) mass is 410 g/mol. The lowest BCUT2D eigenvalue weighted by atomic mass is 10.0. The van der Waals surface area contributed by atoms with Crippen LogP contribution in [0.5, 0.6) is 5.75 Å². The standard InChI is InChI=1S/C22H27N4O2P/c1-14(16-9-7-6-8-10-17(23)11-16)24-22-18-12-21(29(4,5)27)20(28-3)13-19(18)25-15(2)26-22/h6-14H,23H2,1-5H3,(H,24,25,26)/b7-6?,8-6-,9-7-,10-8?,16-9?,16-11+,17-10+,17-11?/t14-/m1/s1. The van der Waals surface area contributed by atoms with Gasteiger partial charge in [-0.1, -0.05) is 24.3 Å². The van der Waals surface area contributed by atoms with Crippen molar-refractivity contribution in [3.63, 3.8) is 0 Å². The first-order chi connectivity index (χ1) is 13.7. The number of ether oxygens (including phenoxy) is 1. The van der Waals surface area contributed by atoms with Crippen LogP contribution in [0.15, 0.2) is 59.9 Å². The van der Waals surface area contributed by atoms with Crippen molar-refractivity contribution >= 4 is 29.2 Å². The molecule has 6 nitrogen and oxygen atoms in total. The molecule has 0 radical (unpaired) electrons. The van der Waals surface area contributed by atoms with Gasteiger partial charge in [0, 0.05) is 17.1 Å². The zero-order valence-electron chi connectivity index (χ0n) is 17.4. The second kappa shape index (κ2) is 8.26. The second-order valence-electron chi connectivity index (χ2n) is 7.43. The van der Waals surface area contributed by atoms with Crippen LogP contribution in [0.4, 0.5) is 5.82 Å². The summed E-state index contributed by atoms with van der Waals surface area (Å²) in [4.78, 5) is 9.15. The molecule has 1 aromatic heterocycles. The van der Waals surface area contributed by atoms with Crippen molar-refractivity contribution in [2.75, 3.05) is 25.8 Å². The van der Waals surface area contributed by atoms with Crippen molar-refractivity contribution in [2.24, 2.45) is 5.73 Å². The Hall–Kier alpha value is -2.85. The summed E-state index contributed by atoms with van der Waals surface area (Å²) < 4.78 is 18.3. The summed E-state index contributed by atoms with van der Waals surface area (Å²) in [5, 5.41) is 4.96. The number of fused-ring (bicyclic) bond motifs is 1. The smallest absolute Gasteiger partial charge is 0.138 e. The molecular formula is C22H27N4O2P. The van der Waals surface area contributed by atoms with Crippen LogP contribution in [-0.4, -0.2) is 36.4 Å². The number of nitrogens with zero attached hydrogens (tertiary/aromatic N) is 2. The molecular weight excluding hydrogens is 383 g/mol. The van der Waals surface area contributed by atoms with E-state index in [1.165, 1.54) is 0 Å². The fourth-order valence-electron chi connectivity index (χ4n) is 3.20. The highest BCUT2D eigenvalue weighted by atomic mass is 31.2. The number of methoxy groups -OCH3 is 1. The third-order valence-electron chi connectivity index (χ3n) is 4.67. The number of benzene rings is 1. The van der Waals surface area contributed by atoms with Gasteiger partial charge < -0.3 is 20.4 Å². The maximum Gasteiger partial charge on any atom is 0.138 e. The highest BCUT2D eigenvalue weighted by molar-refractivity contribution is 7.70. The Morgan fingerprint density at radius 1 is 1.17 bits per heavy atom. The third-order valence-corrected chi connectivity index (χ3v) is 6.18. The number of hydrogen-bond acceptors (Lipinski definition) is 6. The zero-order valence-corrected chi connectivity index (χ0v) is 18.3. The lowest BCUT2D eigenvalue weighted by Crippen LogP contribution is -2.20. The normalized spacial score (nSPS) is 21.1. The van der Waals surface area contributed by atoms with Crippen molar-refractivity contribution in [1.29, 1.82) is 0 Å². The second-order valence-corrected chi connectivity index (χ2v) is 10.6. The minimum atomic E-state index is -2.55. The Bertz CT molecular complexity index is 1110. The molecule has 0 saturated heterocycles. The number of aromatic nitrogens is 2. The largest absolute Gasteiger partial charge is 0.496 e. The van der Waals surface area contributed by atoms with Crippen LogP contribution in [0.2, 0.25) is 0 Å². The molecule has 3 rings (SSSR count). The van der Waals surface area contributed by atoms with Crippen LogP contribution in [0.3, 0.4) is 0 Å². The first-order valence-electron chi connectivity index (χ1n) is 9.39. The van der Waals surface area contributed by atoms with E-state index >= 15 is 0 Å². The van der Waals surface area contributed by atoms with Gasteiger partial charge >= 0.3 is 0 Å². The Morgan fingerprint density at radius 2 is 1.93 bits per heavy atom. The highest BCUT2D eigenvalue weighted by Gasteiger charge is 2.21. The van der Waals surface area contributed by atoms with Gasteiger partial charge in [-0.2, -0.15) is 0 Å². The van der Waals surface area contributed by atoms with Crippen LogP contribution in [0.25, 0.3) is 10.9 Å². The topological polar surface area (TPSA) is 90.1 Å². The molecule has 0 unspecified atom stereocenters. The van der Waals surface area contributed by atoms with Crippen molar-refractivity contribution in [3.8, 4) is 5.75 Å². The lowest BCUT2D eigenvalue weighted by molar-refractivity contribution is 0.418. The third kappa shape index (κ3) is 4.77. The van der Waals surface area contributed by atoms with E-state index in [-0.39, 0.29) is 6.04 Å². The van der Waals surface area contributed by atoms with E-state index in [0.29, 0.717) is 28.4 Å². The van der Waals surface area contributed by atoms with Gasteiger partial charge in [0.2, 0.25) is 0 Å². The van der Waals surface area contributed by atoms with E-state index in [1.807, 2.05) is 62.4 Å². The number of aryl methyl sites for hydroxylation is 1. The molecule has 3 N–H and O–H groups in total. The molecule has 1 heterocycles. The quantitative estimate of drug-likeness (QED) is 0.727. The summed E-state index contributed by atoms with van der Waals surface area (Å²) in [5.74, 6) is 1.91. The van der Waals surface area contributed by atoms with E-state index in [9.17, 15) is 4.57 Å². The molecule has 7 heteroatoms. The number of hydrogen-bond donors (Lipinski definition) is 2. The Kier molecular flexibility index (Phi) is 5.94. The molecule has 1 aliphatic rings. The van der Waals surface area contributed by atoms with Gasteiger partial charge in [0.1, 0.15) is 24.5 Å². The van der Waals surface area contributed by atoms with E-state index in [4.69, 9.17) is 10.5 Å². The van der Waals surface area contributed by atoms with Gasteiger partial charge in [-0.15, -0.1) is 0 Å². The van der Waals surface area contributed by atoms with Crippen LogP contribution in [0.1, 0.15) is 12.7 Å². The molecule has 2 aromatic rings. The molecule has 0 saturated carbocycles. The van der Waals surface area contributed by atoms with Crippen LogP contribution in [0, 0.1) is 6.92 Å². The molecule has 0 spiro atoms. The number of nitrogens with one attached hydrogen (secondary N) is 1. The summed E-state index contributed by atoms with van der Waals surface area (Å²) in [7, 11) is -0.971. The lowest BCUT2D eigenvalue weighted by Gasteiger charge is -2.20. The first kappa shape index (κ1) is 20.9. The van der Waals surface area contributed by atoms with Crippen molar-refractivity contribution in [3.05, 3.63) is 65.7 Å². The van der Waals surface area contributed by atoms with Gasteiger partial charge in [-0.05, 0) is 51.0 Å². The molecule has 0 aliphatic heterocycles.